The Balaban J connectivity index is 1.31. The van der Waals surface area contributed by atoms with E-state index in [4.69, 9.17) is 4.74 Å². The smallest absolute Gasteiger partial charge is 0.223 e. The number of likely N-dealkylation sites (tertiary alicyclic amines) is 1. The van der Waals surface area contributed by atoms with Crippen LogP contribution in [-0.4, -0.2) is 46.0 Å². The molecule has 0 atom stereocenters. The molecule has 144 valence electrons. The van der Waals surface area contributed by atoms with E-state index in [0.29, 0.717) is 25.9 Å². The van der Waals surface area contributed by atoms with Crippen LogP contribution in [0.15, 0.2) is 59.2 Å². The summed E-state index contributed by atoms with van der Waals surface area (Å²) in [5.74, 6) is 0.968. The maximum Gasteiger partial charge on any atom is 0.223 e. The van der Waals surface area contributed by atoms with E-state index in [1.807, 2.05) is 64.3 Å². The van der Waals surface area contributed by atoms with Crippen LogP contribution in [0, 0.1) is 0 Å². The van der Waals surface area contributed by atoms with Crippen molar-refractivity contribution in [1.82, 2.24) is 19.9 Å². The van der Waals surface area contributed by atoms with E-state index in [9.17, 15) is 4.79 Å². The van der Waals surface area contributed by atoms with Crippen LogP contribution in [0.4, 0.5) is 0 Å². The Morgan fingerprint density at radius 3 is 2.75 bits per heavy atom. The van der Waals surface area contributed by atoms with E-state index in [1.165, 1.54) is 0 Å². The van der Waals surface area contributed by atoms with E-state index >= 15 is 0 Å². The number of hydrogen-bond donors (Lipinski definition) is 0. The SMILES string of the molecule is COc1ccc(Br)cc1CCC(=O)N1CC(n2cc(-c3ccccc3)nn2)C1. The van der Waals surface area contributed by atoms with Crippen molar-refractivity contribution in [3.63, 3.8) is 0 Å². The second-order valence-corrected chi connectivity index (χ2v) is 7.77. The summed E-state index contributed by atoms with van der Waals surface area (Å²) in [7, 11) is 1.65. The van der Waals surface area contributed by atoms with Crippen LogP contribution in [0.3, 0.4) is 0 Å². The molecule has 3 aromatic rings. The Labute approximate surface area is 172 Å². The molecule has 2 aromatic carbocycles. The van der Waals surface area contributed by atoms with Crippen molar-refractivity contribution in [3.05, 3.63) is 64.8 Å². The second kappa shape index (κ2) is 8.14. The molecule has 1 fully saturated rings. The van der Waals surface area contributed by atoms with Gasteiger partial charge in [-0.2, -0.15) is 0 Å². The Morgan fingerprint density at radius 2 is 2.00 bits per heavy atom. The highest BCUT2D eigenvalue weighted by Crippen LogP contribution is 2.27. The van der Waals surface area contributed by atoms with Crippen molar-refractivity contribution < 1.29 is 9.53 Å². The van der Waals surface area contributed by atoms with Gasteiger partial charge in [-0.3, -0.25) is 4.79 Å². The number of carbonyl (C=O) groups is 1. The fourth-order valence-electron chi connectivity index (χ4n) is 3.36. The molecule has 0 N–H and O–H groups in total. The van der Waals surface area contributed by atoms with Crippen molar-refractivity contribution in [2.75, 3.05) is 20.2 Å². The van der Waals surface area contributed by atoms with Crippen LogP contribution in [-0.2, 0) is 11.2 Å². The molecule has 0 saturated carbocycles. The number of methoxy groups -OCH3 is 1. The third-order valence-electron chi connectivity index (χ3n) is 5.02. The minimum absolute atomic E-state index is 0.154. The molecular weight excluding hydrogens is 420 g/mol. The molecular formula is C21H21BrN4O2. The van der Waals surface area contributed by atoms with Gasteiger partial charge in [0, 0.05) is 29.5 Å². The lowest BCUT2D eigenvalue weighted by molar-refractivity contribution is -0.137. The maximum atomic E-state index is 12.5. The molecule has 1 amide bonds. The van der Waals surface area contributed by atoms with E-state index in [2.05, 4.69) is 26.2 Å². The largest absolute Gasteiger partial charge is 0.496 e. The topological polar surface area (TPSA) is 60.2 Å². The normalized spacial score (nSPS) is 14.0. The summed E-state index contributed by atoms with van der Waals surface area (Å²) < 4.78 is 8.23. The fourth-order valence-corrected chi connectivity index (χ4v) is 3.77. The molecule has 1 aromatic heterocycles. The summed E-state index contributed by atoms with van der Waals surface area (Å²) >= 11 is 3.47. The Bertz CT molecular complexity index is 968. The van der Waals surface area contributed by atoms with Gasteiger partial charge in [0.05, 0.1) is 19.3 Å². The molecule has 28 heavy (non-hydrogen) atoms. The molecule has 0 spiro atoms. The number of halogens is 1. The van der Waals surface area contributed by atoms with Crippen LogP contribution in [0.25, 0.3) is 11.3 Å². The first-order chi connectivity index (χ1) is 13.6. The third kappa shape index (κ3) is 3.94. The summed E-state index contributed by atoms with van der Waals surface area (Å²) in [6.07, 6.45) is 3.07. The quantitative estimate of drug-likeness (QED) is 0.585. The fraction of sp³-hybridized carbons (Fsp3) is 0.286. The van der Waals surface area contributed by atoms with E-state index in [0.717, 1.165) is 27.0 Å². The van der Waals surface area contributed by atoms with Crippen molar-refractivity contribution >= 4 is 21.8 Å². The number of amides is 1. The lowest BCUT2D eigenvalue weighted by atomic mass is 10.0. The summed E-state index contributed by atoms with van der Waals surface area (Å²) in [5.41, 5.74) is 2.93. The highest BCUT2D eigenvalue weighted by Gasteiger charge is 2.32. The zero-order valence-electron chi connectivity index (χ0n) is 15.6. The molecule has 6 nitrogen and oxygen atoms in total. The molecule has 0 radical (unpaired) electrons. The Hall–Kier alpha value is -2.67. The first-order valence-electron chi connectivity index (χ1n) is 9.21. The highest BCUT2D eigenvalue weighted by atomic mass is 79.9. The lowest BCUT2D eigenvalue weighted by Crippen LogP contribution is -2.51. The van der Waals surface area contributed by atoms with Crippen LogP contribution >= 0.6 is 15.9 Å². The number of aromatic nitrogens is 3. The van der Waals surface area contributed by atoms with Crippen LogP contribution in [0.1, 0.15) is 18.0 Å². The molecule has 1 aliphatic rings. The predicted octanol–water partition coefficient (Wildman–Crippen LogP) is 3.73. The molecule has 0 unspecified atom stereocenters. The number of hydrogen-bond acceptors (Lipinski definition) is 4. The molecule has 7 heteroatoms. The molecule has 1 aliphatic heterocycles. The number of ether oxygens (including phenoxy) is 1. The van der Waals surface area contributed by atoms with Gasteiger partial charge in [0.1, 0.15) is 11.4 Å². The first kappa shape index (κ1) is 18.7. The zero-order valence-corrected chi connectivity index (χ0v) is 17.2. The molecule has 2 heterocycles. The van der Waals surface area contributed by atoms with Gasteiger partial charge in [0.25, 0.3) is 0 Å². The van der Waals surface area contributed by atoms with Gasteiger partial charge in [0.15, 0.2) is 0 Å². The number of carbonyl (C=O) groups excluding carboxylic acids is 1. The van der Waals surface area contributed by atoms with Crippen molar-refractivity contribution in [1.29, 1.82) is 0 Å². The number of aryl methyl sites for hydroxylation is 1. The third-order valence-corrected chi connectivity index (χ3v) is 5.51. The average Bonchev–Trinajstić information content (AvgIpc) is 3.15. The van der Waals surface area contributed by atoms with E-state index in [-0.39, 0.29) is 11.9 Å². The van der Waals surface area contributed by atoms with Gasteiger partial charge in [0.2, 0.25) is 5.91 Å². The lowest BCUT2D eigenvalue weighted by Gasteiger charge is -2.39. The van der Waals surface area contributed by atoms with Crippen molar-refractivity contribution in [2.45, 2.75) is 18.9 Å². The molecule has 4 rings (SSSR count). The molecule has 1 saturated heterocycles. The minimum atomic E-state index is 0.154. The molecule has 0 aliphatic carbocycles. The van der Waals surface area contributed by atoms with Gasteiger partial charge in [-0.05, 0) is 30.2 Å². The summed E-state index contributed by atoms with van der Waals surface area (Å²) in [6, 6.07) is 16.0. The van der Waals surface area contributed by atoms with Crippen molar-refractivity contribution in [3.8, 4) is 17.0 Å². The van der Waals surface area contributed by atoms with Crippen LogP contribution < -0.4 is 4.74 Å². The second-order valence-electron chi connectivity index (χ2n) is 6.86. The summed E-state index contributed by atoms with van der Waals surface area (Å²) in [5, 5.41) is 8.50. The van der Waals surface area contributed by atoms with Gasteiger partial charge in [-0.25, -0.2) is 4.68 Å². The number of rotatable bonds is 6. The van der Waals surface area contributed by atoms with Gasteiger partial charge in [-0.1, -0.05) is 51.5 Å². The number of benzene rings is 2. The predicted molar refractivity (Wildman–Crippen MR) is 110 cm³/mol. The van der Waals surface area contributed by atoms with Crippen LogP contribution in [0.2, 0.25) is 0 Å². The number of nitrogens with zero attached hydrogens (tertiary/aromatic N) is 4. The monoisotopic (exact) mass is 440 g/mol. The Morgan fingerprint density at radius 1 is 1.21 bits per heavy atom. The maximum absolute atomic E-state index is 12.5. The van der Waals surface area contributed by atoms with E-state index in [1.54, 1.807) is 7.11 Å². The van der Waals surface area contributed by atoms with Gasteiger partial charge in [-0.15, -0.1) is 5.10 Å². The van der Waals surface area contributed by atoms with Gasteiger partial charge >= 0.3 is 0 Å². The molecule has 0 bridgehead atoms. The standard InChI is InChI=1S/C21H21BrN4O2/c1-28-20-9-8-17(22)11-16(20)7-10-21(27)25-12-18(13-25)26-14-19(23-24-26)15-5-3-2-4-6-15/h2-6,8-9,11,14,18H,7,10,12-13H2,1H3. The Kier molecular flexibility index (Phi) is 5.43. The summed E-state index contributed by atoms with van der Waals surface area (Å²) in [4.78, 5) is 14.4. The van der Waals surface area contributed by atoms with E-state index < -0.39 is 0 Å². The van der Waals surface area contributed by atoms with Crippen molar-refractivity contribution in [2.24, 2.45) is 0 Å². The highest BCUT2D eigenvalue weighted by molar-refractivity contribution is 9.10. The van der Waals surface area contributed by atoms with Crippen LogP contribution in [0.5, 0.6) is 5.75 Å². The van der Waals surface area contributed by atoms with Gasteiger partial charge < -0.3 is 9.64 Å². The average molecular weight is 441 g/mol. The summed E-state index contributed by atoms with van der Waals surface area (Å²) in [6.45, 7) is 1.35. The zero-order chi connectivity index (χ0) is 19.5. The minimum Gasteiger partial charge on any atom is -0.496 e. The first-order valence-corrected chi connectivity index (χ1v) is 10.0.